The van der Waals surface area contributed by atoms with Gasteiger partial charge in [-0.15, -0.1) is 0 Å². The largest absolute Gasteiger partial charge is 0.494 e. The van der Waals surface area contributed by atoms with Gasteiger partial charge in [0.1, 0.15) is 11.8 Å². The Labute approximate surface area is 207 Å². The zero-order valence-electron chi connectivity index (χ0n) is 20.3. The van der Waals surface area contributed by atoms with E-state index in [-0.39, 0.29) is 17.0 Å². The molecule has 0 bridgehead atoms. The van der Waals surface area contributed by atoms with Crippen LogP contribution in [0.2, 0.25) is 0 Å². The van der Waals surface area contributed by atoms with Crippen molar-refractivity contribution >= 4 is 27.5 Å². The summed E-state index contributed by atoms with van der Waals surface area (Å²) in [5.74, 6) is -0.727. The van der Waals surface area contributed by atoms with E-state index in [0.717, 1.165) is 25.7 Å². The predicted molar refractivity (Wildman–Crippen MR) is 136 cm³/mol. The molecule has 0 spiro atoms. The molecule has 0 aliphatic heterocycles. The maximum absolute atomic E-state index is 13.3. The fourth-order valence-corrected chi connectivity index (χ4v) is 4.72. The van der Waals surface area contributed by atoms with Crippen LogP contribution in [-0.4, -0.2) is 32.9 Å². The summed E-state index contributed by atoms with van der Waals surface area (Å²) in [6.45, 7) is 4.60. The monoisotopic (exact) mass is 504 g/mol. The second-order valence-electron chi connectivity index (χ2n) is 8.31. The Morgan fingerprint density at radius 2 is 1.63 bits per heavy atom. The van der Waals surface area contributed by atoms with Gasteiger partial charge in [0.05, 0.1) is 17.5 Å². The first-order valence-electron chi connectivity index (χ1n) is 11.9. The molecular weight excluding hydrogens is 468 g/mol. The van der Waals surface area contributed by atoms with E-state index >= 15 is 0 Å². The third kappa shape index (κ3) is 8.56. The van der Waals surface area contributed by atoms with Gasteiger partial charge in [-0.3, -0.25) is 9.59 Å². The van der Waals surface area contributed by atoms with Crippen molar-refractivity contribution in [3.05, 3.63) is 54.1 Å². The lowest BCUT2D eigenvalue weighted by Gasteiger charge is -2.28. The highest BCUT2D eigenvalue weighted by molar-refractivity contribution is 7.89. The number of nitrogens with one attached hydrogen (secondary N) is 2. The van der Waals surface area contributed by atoms with E-state index in [4.69, 9.17) is 16.2 Å². The number of ether oxygens (including phenoxy) is 1. The van der Waals surface area contributed by atoms with Crippen LogP contribution in [0.1, 0.15) is 64.0 Å². The second-order valence-corrected chi connectivity index (χ2v) is 10.0. The van der Waals surface area contributed by atoms with Crippen molar-refractivity contribution in [3.8, 4) is 5.75 Å². The summed E-state index contributed by atoms with van der Waals surface area (Å²) in [5, 5.41) is 2.60. The van der Waals surface area contributed by atoms with E-state index in [0.29, 0.717) is 24.3 Å². The first-order valence-corrected chi connectivity index (χ1v) is 13.4. The van der Waals surface area contributed by atoms with Gasteiger partial charge in [-0.2, -0.15) is 0 Å². The minimum absolute atomic E-state index is 0.0302. The van der Waals surface area contributed by atoms with Gasteiger partial charge >= 0.3 is 0 Å². The number of benzene rings is 2. The van der Waals surface area contributed by atoms with Gasteiger partial charge in [-0.25, -0.2) is 13.1 Å². The first-order chi connectivity index (χ1) is 16.7. The molecule has 0 fully saturated rings. The molecule has 0 aromatic heterocycles. The Balaban J connectivity index is 2.34. The topological polar surface area (TPSA) is 154 Å². The smallest absolute Gasteiger partial charge is 0.242 e. The van der Waals surface area contributed by atoms with E-state index in [9.17, 15) is 18.0 Å². The van der Waals surface area contributed by atoms with E-state index < -0.39 is 33.9 Å². The molecule has 6 N–H and O–H groups in total. The Hall–Kier alpha value is -3.11. The maximum atomic E-state index is 13.3. The fourth-order valence-electron chi connectivity index (χ4n) is 3.49. The number of carbonyl (C=O) groups is 2. The minimum Gasteiger partial charge on any atom is -0.494 e. The Bertz CT molecular complexity index is 1070. The van der Waals surface area contributed by atoms with Gasteiger partial charge < -0.3 is 21.5 Å². The van der Waals surface area contributed by atoms with E-state index in [2.05, 4.69) is 10.0 Å². The minimum atomic E-state index is -4.12. The number of rotatable bonds is 15. The highest BCUT2D eigenvalue weighted by atomic mass is 32.2. The maximum Gasteiger partial charge on any atom is 0.242 e. The summed E-state index contributed by atoms with van der Waals surface area (Å²) in [4.78, 5) is 24.9. The zero-order valence-corrected chi connectivity index (χ0v) is 21.1. The van der Waals surface area contributed by atoms with Crippen LogP contribution in [0.15, 0.2) is 53.4 Å². The first kappa shape index (κ1) is 28.1. The quantitative estimate of drug-likeness (QED) is 0.216. The van der Waals surface area contributed by atoms with Crippen molar-refractivity contribution in [1.29, 1.82) is 0 Å². The number of nitrogens with two attached hydrogens (primary N) is 2. The highest BCUT2D eigenvalue weighted by Gasteiger charge is 2.34. The Morgan fingerprint density at radius 1 is 0.971 bits per heavy atom. The number of amides is 2. The number of primary amides is 1. The van der Waals surface area contributed by atoms with Crippen LogP contribution in [0.3, 0.4) is 0 Å². The number of para-hydroxylation sites is 1. The van der Waals surface area contributed by atoms with E-state index in [1.807, 2.05) is 13.8 Å². The molecule has 0 saturated carbocycles. The van der Waals surface area contributed by atoms with Crippen molar-refractivity contribution in [2.45, 2.75) is 69.4 Å². The molecular formula is C25H36N4O5S. The highest BCUT2D eigenvalue weighted by Crippen LogP contribution is 2.26. The van der Waals surface area contributed by atoms with Crippen LogP contribution in [0.25, 0.3) is 0 Å². The van der Waals surface area contributed by atoms with Gasteiger partial charge in [0.2, 0.25) is 21.8 Å². The molecule has 0 radical (unpaired) electrons. The molecule has 9 nitrogen and oxygen atoms in total. The zero-order chi connectivity index (χ0) is 25.8. The fraction of sp³-hybridized carbons (Fsp3) is 0.440. The van der Waals surface area contributed by atoms with E-state index in [1.165, 1.54) is 12.1 Å². The Morgan fingerprint density at radius 3 is 2.23 bits per heavy atom. The molecule has 2 aromatic carbocycles. The molecule has 192 valence electrons. The van der Waals surface area contributed by atoms with Crippen molar-refractivity contribution < 1.29 is 22.7 Å². The lowest BCUT2D eigenvalue weighted by molar-refractivity contribution is -0.128. The van der Waals surface area contributed by atoms with Gasteiger partial charge in [0.15, 0.2) is 0 Å². The van der Waals surface area contributed by atoms with Gasteiger partial charge in [-0.1, -0.05) is 51.3 Å². The average molecular weight is 505 g/mol. The standard InChI is InChI=1S/C25H36N4O5S/c1-3-5-7-12-22(30)28-24(25(27)31)23(20-10-8-9-11-21(20)26)29-35(32,33)19-15-13-18(14-16-19)34-17-6-4-2/h8-11,13-16,23-24,29H,3-7,12,17,26H2,1-2H3,(H2,27,31)(H,28,30)/t23-,24-/m0/s1. The number of sulfonamides is 1. The molecule has 35 heavy (non-hydrogen) atoms. The number of hydrogen-bond acceptors (Lipinski definition) is 6. The molecule has 0 heterocycles. The molecule has 0 unspecified atom stereocenters. The lowest BCUT2D eigenvalue weighted by Crippen LogP contribution is -2.53. The van der Waals surface area contributed by atoms with Crippen LogP contribution in [-0.2, 0) is 19.6 Å². The molecule has 0 aliphatic rings. The van der Waals surface area contributed by atoms with Crippen molar-refractivity contribution in [1.82, 2.24) is 10.0 Å². The molecule has 2 rings (SSSR count). The molecule has 2 aromatic rings. The summed E-state index contributed by atoms with van der Waals surface area (Å²) in [6.07, 6.45) is 4.49. The van der Waals surface area contributed by atoms with Crippen molar-refractivity contribution in [3.63, 3.8) is 0 Å². The summed E-state index contributed by atoms with van der Waals surface area (Å²) >= 11 is 0. The third-order valence-corrected chi connectivity index (χ3v) is 6.93. The van der Waals surface area contributed by atoms with Gasteiger partial charge in [0, 0.05) is 12.1 Å². The number of anilines is 1. The van der Waals surface area contributed by atoms with Crippen LogP contribution >= 0.6 is 0 Å². The predicted octanol–water partition coefficient (Wildman–Crippen LogP) is 3.02. The molecule has 0 saturated heterocycles. The normalized spacial score (nSPS) is 13.1. The van der Waals surface area contributed by atoms with Gasteiger partial charge in [-0.05, 0) is 48.7 Å². The number of unbranched alkanes of at least 4 members (excludes halogenated alkanes) is 3. The SMILES string of the molecule is CCCCCC(=O)N[C@H](C(N)=O)[C@@H](NS(=O)(=O)c1ccc(OCCCC)cc1)c1ccccc1N. The number of hydrogen-bond donors (Lipinski definition) is 4. The van der Waals surface area contributed by atoms with Crippen LogP contribution in [0.4, 0.5) is 5.69 Å². The lowest BCUT2D eigenvalue weighted by atomic mass is 9.97. The summed E-state index contributed by atoms with van der Waals surface area (Å²) in [5.41, 5.74) is 12.3. The molecule has 0 aliphatic carbocycles. The van der Waals surface area contributed by atoms with Crippen LogP contribution < -0.4 is 26.2 Å². The summed E-state index contributed by atoms with van der Waals surface area (Å²) in [7, 11) is -4.12. The summed E-state index contributed by atoms with van der Waals surface area (Å²) < 4.78 is 34.7. The van der Waals surface area contributed by atoms with Crippen LogP contribution in [0, 0.1) is 0 Å². The second kappa shape index (κ2) is 13.7. The molecule has 10 heteroatoms. The number of nitrogen functional groups attached to an aromatic ring is 1. The van der Waals surface area contributed by atoms with Gasteiger partial charge in [0.25, 0.3) is 0 Å². The molecule has 2 amide bonds. The molecule has 2 atom stereocenters. The summed E-state index contributed by atoms with van der Waals surface area (Å²) in [6, 6.07) is 9.92. The number of carbonyl (C=O) groups excluding carboxylic acids is 2. The van der Waals surface area contributed by atoms with Crippen molar-refractivity contribution in [2.75, 3.05) is 12.3 Å². The Kier molecular flexibility index (Phi) is 11.0. The van der Waals surface area contributed by atoms with Crippen LogP contribution in [0.5, 0.6) is 5.75 Å². The average Bonchev–Trinajstić information content (AvgIpc) is 2.82. The third-order valence-electron chi connectivity index (χ3n) is 5.48. The van der Waals surface area contributed by atoms with E-state index in [1.54, 1.807) is 36.4 Å². The van der Waals surface area contributed by atoms with Crippen molar-refractivity contribution in [2.24, 2.45) is 5.73 Å².